The van der Waals surface area contributed by atoms with Gasteiger partial charge in [-0.25, -0.2) is 34.9 Å². The van der Waals surface area contributed by atoms with Gasteiger partial charge in [-0.15, -0.1) is 0 Å². The quantitative estimate of drug-likeness (QED) is 0.0395. The van der Waals surface area contributed by atoms with Gasteiger partial charge in [0, 0.05) is 49.3 Å². The first-order valence-corrected chi connectivity index (χ1v) is 31.2. The molecule has 432 valence electrons. The van der Waals surface area contributed by atoms with Crippen LogP contribution in [0.4, 0.5) is 52.2 Å². The summed E-state index contributed by atoms with van der Waals surface area (Å²) < 4.78 is 0. The van der Waals surface area contributed by atoms with E-state index in [1.807, 2.05) is 37.2 Å². The second-order valence-electron chi connectivity index (χ2n) is 25.4. The van der Waals surface area contributed by atoms with Gasteiger partial charge in [0.05, 0.1) is 5.69 Å². The maximum absolute atomic E-state index is 5.72. The molecule has 0 aliphatic rings. The van der Waals surface area contributed by atoms with E-state index in [-0.39, 0.29) is 0 Å². The lowest BCUT2D eigenvalue weighted by Gasteiger charge is -2.30. The number of aryl methyl sites for hydroxylation is 6. The molecule has 0 aliphatic carbocycles. The van der Waals surface area contributed by atoms with E-state index in [1.54, 1.807) is 0 Å². The number of aromatic nitrogens is 7. The average Bonchev–Trinajstić information content (AvgIpc) is 3.54. The molecule has 0 saturated heterocycles. The van der Waals surface area contributed by atoms with Crippen molar-refractivity contribution in [3.8, 4) is 0 Å². The van der Waals surface area contributed by atoms with E-state index in [0.29, 0.717) is 47.1 Å². The van der Waals surface area contributed by atoms with Crippen LogP contribution >= 0.6 is 0 Å². The normalized spacial score (nSPS) is 11.8. The van der Waals surface area contributed by atoms with Crippen LogP contribution < -0.4 is 14.7 Å². The Morgan fingerprint density at radius 3 is 0.630 bits per heavy atom. The topological polar surface area (TPSA) is 100.0 Å². The average molecular weight is 1090 g/mol. The van der Waals surface area contributed by atoms with Crippen molar-refractivity contribution in [2.24, 2.45) is 35.5 Å². The fourth-order valence-corrected chi connectivity index (χ4v) is 10.4. The lowest BCUT2D eigenvalue weighted by Crippen LogP contribution is -2.21. The van der Waals surface area contributed by atoms with E-state index in [0.717, 1.165) is 118 Å². The molecule has 10 nitrogen and oxygen atoms in total. The summed E-state index contributed by atoms with van der Waals surface area (Å²) in [5, 5.41) is 0. The van der Waals surface area contributed by atoms with E-state index in [2.05, 4.69) is 183 Å². The standard InChI is InChI=1S/C71H98N10/c1-51(2)19-13-25-57-31-37-64(72-45-57)79(65-38-32-58(46-73-65)26-14-20-52(3)4)63-43-70(80(66-39-33-59(47-74-66)27-15-21-53(5)6)67-40-34-60(48-75-67)28-16-22-54(7)8)78-71(44-63)81(68-41-35-61(49-76-68)29-17-23-55(9)10)69-42-36-62(50-77-69)30-18-24-56(11)12/h31-56H,13-30H2,1-12H3. The number of rotatable bonds is 33. The molecule has 0 unspecified atom stereocenters. The molecular formula is C71H98N10. The Labute approximate surface area is 489 Å². The Bertz CT molecular complexity index is 2370. The first-order chi connectivity index (χ1) is 39.1. The Morgan fingerprint density at radius 1 is 0.259 bits per heavy atom. The van der Waals surface area contributed by atoms with Crippen molar-refractivity contribution in [2.75, 3.05) is 14.7 Å². The summed E-state index contributed by atoms with van der Waals surface area (Å²) in [6.07, 6.45) is 31.8. The molecule has 0 fully saturated rings. The van der Waals surface area contributed by atoms with Crippen molar-refractivity contribution >= 4 is 52.2 Å². The third-order valence-electron chi connectivity index (χ3n) is 15.2. The van der Waals surface area contributed by atoms with Crippen molar-refractivity contribution in [2.45, 2.75) is 199 Å². The molecule has 7 aromatic heterocycles. The van der Waals surface area contributed by atoms with Crippen molar-refractivity contribution < 1.29 is 0 Å². The molecule has 7 aromatic rings. The molecule has 0 saturated carbocycles. The summed E-state index contributed by atoms with van der Waals surface area (Å²) in [5.74, 6) is 9.54. The van der Waals surface area contributed by atoms with Crippen LogP contribution in [0.3, 0.4) is 0 Å². The second kappa shape index (κ2) is 31.6. The van der Waals surface area contributed by atoms with Crippen molar-refractivity contribution in [3.63, 3.8) is 0 Å². The molecule has 0 radical (unpaired) electrons. The Hall–Kier alpha value is -6.55. The third kappa shape index (κ3) is 19.8. The summed E-state index contributed by atoms with van der Waals surface area (Å²) in [4.78, 5) is 43.7. The molecule has 10 heteroatoms. The van der Waals surface area contributed by atoms with Crippen LogP contribution in [0.25, 0.3) is 0 Å². The lowest BCUT2D eigenvalue weighted by molar-refractivity contribution is 0.555. The monoisotopic (exact) mass is 1090 g/mol. The van der Waals surface area contributed by atoms with Crippen LogP contribution in [-0.4, -0.2) is 34.9 Å². The van der Waals surface area contributed by atoms with Gasteiger partial charge in [-0.1, -0.05) is 158 Å². The summed E-state index contributed by atoms with van der Waals surface area (Å²) >= 11 is 0. The number of nitrogens with zero attached hydrogens (tertiary/aromatic N) is 10. The Balaban J connectivity index is 1.46. The smallest absolute Gasteiger partial charge is 0.144 e. The van der Waals surface area contributed by atoms with Gasteiger partial charge in [0.25, 0.3) is 0 Å². The highest BCUT2D eigenvalue weighted by atomic mass is 15.3. The van der Waals surface area contributed by atoms with Crippen LogP contribution in [0.1, 0.15) is 194 Å². The maximum Gasteiger partial charge on any atom is 0.144 e. The predicted octanol–water partition coefficient (Wildman–Crippen LogP) is 19.7. The lowest BCUT2D eigenvalue weighted by atomic mass is 10.0. The number of anilines is 9. The minimum atomic E-state index is 0.629. The van der Waals surface area contributed by atoms with Gasteiger partial charge in [-0.2, -0.15) is 0 Å². The minimum Gasteiger partial charge on any atom is -0.279 e. The zero-order valence-electron chi connectivity index (χ0n) is 51.7. The molecule has 7 rings (SSSR count). The van der Waals surface area contributed by atoms with Crippen molar-refractivity contribution in [1.29, 1.82) is 0 Å². The zero-order chi connectivity index (χ0) is 57.7. The fraction of sp³-hybridized carbons (Fsp3) is 0.507. The molecule has 0 amide bonds. The summed E-state index contributed by atoms with van der Waals surface area (Å²) in [5.41, 5.74) is 8.10. The van der Waals surface area contributed by atoms with Gasteiger partial charge < -0.3 is 0 Å². The Kier molecular flexibility index (Phi) is 24.2. The fourth-order valence-electron chi connectivity index (χ4n) is 10.4. The van der Waals surface area contributed by atoms with Crippen LogP contribution in [0.5, 0.6) is 0 Å². The summed E-state index contributed by atoms with van der Waals surface area (Å²) in [6.45, 7) is 27.5. The van der Waals surface area contributed by atoms with Crippen molar-refractivity contribution in [3.05, 3.63) is 155 Å². The molecule has 0 N–H and O–H groups in total. The molecule has 0 aliphatic heterocycles. The van der Waals surface area contributed by atoms with Crippen LogP contribution in [0, 0.1) is 35.5 Å². The zero-order valence-corrected chi connectivity index (χ0v) is 51.7. The molecule has 0 aromatic carbocycles. The van der Waals surface area contributed by atoms with E-state index < -0.39 is 0 Å². The predicted molar refractivity (Wildman–Crippen MR) is 342 cm³/mol. The number of hydrogen-bond acceptors (Lipinski definition) is 10. The van der Waals surface area contributed by atoms with Gasteiger partial charge >= 0.3 is 0 Å². The summed E-state index contributed by atoms with van der Waals surface area (Å²) in [6, 6.07) is 30.5. The van der Waals surface area contributed by atoms with Gasteiger partial charge in [0.15, 0.2) is 0 Å². The van der Waals surface area contributed by atoms with Gasteiger partial charge in [-0.3, -0.25) is 14.7 Å². The molecule has 7 heterocycles. The highest BCUT2D eigenvalue weighted by molar-refractivity contribution is 5.83. The molecule has 0 spiro atoms. The third-order valence-corrected chi connectivity index (χ3v) is 15.2. The molecule has 81 heavy (non-hydrogen) atoms. The number of pyridine rings is 7. The van der Waals surface area contributed by atoms with Crippen molar-refractivity contribution in [1.82, 2.24) is 34.9 Å². The highest BCUT2D eigenvalue weighted by Crippen LogP contribution is 2.42. The largest absolute Gasteiger partial charge is 0.279 e. The van der Waals surface area contributed by atoms with Crippen LogP contribution in [0.15, 0.2) is 122 Å². The van der Waals surface area contributed by atoms with Crippen LogP contribution in [-0.2, 0) is 38.5 Å². The SMILES string of the molecule is CC(C)CCCc1ccc(N(c2cc(N(c3ccc(CCCC(C)C)cn3)c3ccc(CCCC(C)C)cn3)nc(N(c3ccc(CCCC(C)C)cn3)c3ccc(CCCC(C)C)cn3)c2)c2ccc(CCCC(C)C)cn2)nc1. The van der Waals surface area contributed by atoms with Gasteiger partial charge in [0.2, 0.25) is 0 Å². The van der Waals surface area contributed by atoms with E-state index >= 15 is 0 Å². The van der Waals surface area contributed by atoms with E-state index in [4.69, 9.17) is 34.9 Å². The number of hydrogen-bond donors (Lipinski definition) is 0. The Morgan fingerprint density at radius 2 is 0.457 bits per heavy atom. The molecular weight excluding hydrogens is 993 g/mol. The second-order valence-corrected chi connectivity index (χ2v) is 25.4. The maximum atomic E-state index is 5.72. The molecule has 0 atom stereocenters. The van der Waals surface area contributed by atoms with E-state index in [1.165, 1.54) is 71.9 Å². The minimum absolute atomic E-state index is 0.629. The molecule has 0 bridgehead atoms. The first-order valence-electron chi connectivity index (χ1n) is 31.2. The van der Waals surface area contributed by atoms with E-state index in [9.17, 15) is 0 Å². The highest BCUT2D eigenvalue weighted by Gasteiger charge is 2.27. The first kappa shape index (κ1) is 62.1. The van der Waals surface area contributed by atoms with Crippen LogP contribution in [0.2, 0.25) is 0 Å². The summed E-state index contributed by atoms with van der Waals surface area (Å²) in [7, 11) is 0. The van der Waals surface area contributed by atoms with Gasteiger partial charge in [0.1, 0.15) is 46.5 Å². The van der Waals surface area contributed by atoms with Gasteiger partial charge in [-0.05, 0) is 182 Å².